The van der Waals surface area contributed by atoms with Crippen molar-refractivity contribution >= 4 is 56.1 Å². The molecule has 0 radical (unpaired) electrons. The molecule has 31 heavy (non-hydrogen) atoms. The lowest BCUT2D eigenvalue weighted by Gasteiger charge is -2.14. The molecule has 4 aromatic rings. The van der Waals surface area contributed by atoms with E-state index in [0.717, 1.165) is 21.3 Å². The predicted molar refractivity (Wildman–Crippen MR) is 129 cm³/mol. The highest BCUT2D eigenvalue weighted by Crippen LogP contribution is 2.34. The third-order valence-electron chi connectivity index (χ3n) is 4.76. The second-order valence-electron chi connectivity index (χ2n) is 6.87. The number of benzene rings is 3. The van der Waals surface area contributed by atoms with E-state index in [1.165, 1.54) is 11.3 Å². The van der Waals surface area contributed by atoms with Gasteiger partial charge >= 0.3 is 0 Å². The summed E-state index contributed by atoms with van der Waals surface area (Å²) in [6, 6.07) is 25.1. The number of carbonyl (C=O) groups excluding carboxylic acids is 1. The van der Waals surface area contributed by atoms with E-state index >= 15 is 0 Å². The van der Waals surface area contributed by atoms with Gasteiger partial charge in [0, 0.05) is 10.6 Å². The molecule has 0 fully saturated rings. The molecule has 150 valence electrons. The van der Waals surface area contributed by atoms with Crippen LogP contribution < -0.4 is 4.90 Å². The summed E-state index contributed by atoms with van der Waals surface area (Å²) >= 11 is 7.55. The maximum Gasteiger partial charge on any atom is 0.284 e. The number of nitrogens with zero attached hydrogens (tertiary/aromatic N) is 3. The maximum atomic E-state index is 13.3. The van der Waals surface area contributed by atoms with E-state index in [1.54, 1.807) is 17.0 Å². The Labute approximate surface area is 188 Å². The average Bonchev–Trinajstić information content (AvgIpc) is 3.35. The lowest BCUT2D eigenvalue weighted by atomic mass is 10.2. The molecule has 1 amide bonds. The van der Waals surface area contributed by atoms with Crippen LogP contribution in [0.15, 0.2) is 102 Å². The molecule has 1 aliphatic heterocycles. The number of anilines is 1. The van der Waals surface area contributed by atoms with Crippen LogP contribution in [0.25, 0.3) is 16.3 Å². The van der Waals surface area contributed by atoms with E-state index in [0.29, 0.717) is 21.7 Å². The Morgan fingerprint density at radius 1 is 0.935 bits per heavy atom. The number of amides is 1. The molecule has 0 aliphatic carbocycles. The van der Waals surface area contributed by atoms with Crippen molar-refractivity contribution < 1.29 is 4.79 Å². The number of amidine groups is 1. The second kappa shape index (κ2) is 8.30. The number of fused-ring (bicyclic) bond motifs is 1. The minimum atomic E-state index is -0.207. The van der Waals surface area contributed by atoms with Crippen molar-refractivity contribution in [2.75, 3.05) is 4.90 Å². The third-order valence-corrected chi connectivity index (χ3v) is 6.02. The van der Waals surface area contributed by atoms with Gasteiger partial charge in [0.15, 0.2) is 5.13 Å². The molecule has 5 rings (SSSR count). The van der Waals surface area contributed by atoms with Crippen molar-refractivity contribution in [3.8, 4) is 0 Å². The number of halogens is 1. The number of carbonyl (C=O) groups is 1. The molecular formula is C25H16ClN3OS. The first-order valence-corrected chi connectivity index (χ1v) is 10.9. The van der Waals surface area contributed by atoms with Crippen LogP contribution in [0.2, 0.25) is 5.02 Å². The molecule has 2 heterocycles. The molecule has 4 nitrogen and oxygen atoms in total. The molecule has 1 aromatic heterocycles. The van der Waals surface area contributed by atoms with E-state index in [9.17, 15) is 4.79 Å². The minimum Gasteiger partial charge on any atom is -0.266 e. The van der Waals surface area contributed by atoms with Crippen LogP contribution in [0, 0.1) is 0 Å². The summed E-state index contributed by atoms with van der Waals surface area (Å²) < 4.78 is 0.959. The zero-order chi connectivity index (χ0) is 21.2. The van der Waals surface area contributed by atoms with Crippen molar-refractivity contribution in [2.24, 2.45) is 4.99 Å². The molecule has 3 aromatic carbocycles. The molecule has 0 atom stereocenters. The predicted octanol–water partition coefficient (Wildman–Crippen LogP) is 6.34. The van der Waals surface area contributed by atoms with Gasteiger partial charge in [-0.25, -0.2) is 14.9 Å². The molecule has 0 saturated heterocycles. The number of hydrogen-bond donors (Lipinski definition) is 0. The standard InChI is InChI=1S/C25H16ClN3OS/c26-19-14-15-22-21(16-19)28-25(31-22)29-23(18-11-5-2-6-12-18)27-20(24(29)30)13-7-10-17-8-3-1-4-9-17/h1-16H. The van der Waals surface area contributed by atoms with E-state index < -0.39 is 0 Å². The average molecular weight is 442 g/mol. The van der Waals surface area contributed by atoms with E-state index in [2.05, 4.69) is 9.98 Å². The summed E-state index contributed by atoms with van der Waals surface area (Å²) in [6.07, 6.45) is 5.53. The molecule has 0 saturated carbocycles. The summed E-state index contributed by atoms with van der Waals surface area (Å²) in [5.74, 6) is 0.358. The maximum absolute atomic E-state index is 13.3. The first-order chi connectivity index (χ1) is 15.2. The van der Waals surface area contributed by atoms with Gasteiger partial charge in [-0.1, -0.05) is 95.8 Å². The van der Waals surface area contributed by atoms with Crippen LogP contribution in [-0.4, -0.2) is 16.7 Å². The quantitative estimate of drug-likeness (QED) is 0.347. The van der Waals surface area contributed by atoms with Crippen molar-refractivity contribution in [3.63, 3.8) is 0 Å². The summed E-state index contributed by atoms with van der Waals surface area (Å²) in [4.78, 5) is 24.2. The molecule has 0 spiro atoms. The van der Waals surface area contributed by atoms with E-state index in [4.69, 9.17) is 11.6 Å². The van der Waals surface area contributed by atoms with Crippen LogP contribution in [0.5, 0.6) is 0 Å². The Hall–Kier alpha value is -3.54. The number of rotatable bonds is 4. The number of aliphatic imine (C=N–C) groups is 1. The van der Waals surface area contributed by atoms with E-state index in [-0.39, 0.29) is 5.91 Å². The van der Waals surface area contributed by atoms with Crippen LogP contribution >= 0.6 is 22.9 Å². The fourth-order valence-corrected chi connectivity index (χ4v) is 4.40. The Bertz CT molecular complexity index is 1360. The number of aromatic nitrogens is 1. The highest BCUT2D eigenvalue weighted by molar-refractivity contribution is 7.22. The lowest BCUT2D eigenvalue weighted by molar-refractivity contribution is -0.113. The first kappa shape index (κ1) is 19.4. The van der Waals surface area contributed by atoms with Gasteiger partial charge in [0.25, 0.3) is 5.91 Å². The fourth-order valence-electron chi connectivity index (χ4n) is 3.29. The van der Waals surface area contributed by atoms with Crippen LogP contribution in [0.3, 0.4) is 0 Å². The summed E-state index contributed by atoms with van der Waals surface area (Å²) in [7, 11) is 0. The zero-order valence-electron chi connectivity index (χ0n) is 16.3. The second-order valence-corrected chi connectivity index (χ2v) is 8.32. The molecule has 0 bridgehead atoms. The molecular weight excluding hydrogens is 426 g/mol. The van der Waals surface area contributed by atoms with Crippen molar-refractivity contribution in [1.29, 1.82) is 0 Å². The normalized spacial score (nSPS) is 15.4. The number of thiazole rings is 1. The lowest BCUT2D eigenvalue weighted by Crippen LogP contribution is -2.32. The largest absolute Gasteiger partial charge is 0.284 e. The van der Waals surface area contributed by atoms with Gasteiger partial charge < -0.3 is 0 Å². The Kier molecular flexibility index (Phi) is 5.20. The van der Waals surface area contributed by atoms with Crippen LogP contribution in [0.1, 0.15) is 11.1 Å². The van der Waals surface area contributed by atoms with Gasteiger partial charge in [-0.3, -0.25) is 4.79 Å². The SMILES string of the molecule is O=C1C(=CC=Cc2ccccc2)N=C(c2ccccc2)N1c1nc2cc(Cl)ccc2s1. The highest BCUT2D eigenvalue weighted by atomic mass is 35.5. The summed E-state index contributed by atoms with van der Waals surface area (Å²) in [5.41, 5.74) is 3.03. The van der Waals surface area contributed by atoms with Gasteiger partial charge in [0.05, 0.1) is 10.2 Å². The minimum absolute atomic E-state index is 0.207. The Morgan fingerprint density at radius 2 is 1.68 bits per heavy atom. The van der Waals surface area contributed by atoms with E-state index in [1.807, 2.05) is 84.9 Å². The van der Waals surface area contributed by atoms with Gasteiger partial charge in [-0.15, -0.1) is 0 Å². The Morgan fingerprint density at radius 3 is 2.45 bits per heavy atom. The van der Waals surface area contributed by atoms with Crippen molar-refractivity contribution in [1.82, 2.24) is 4.98 Å². The Balaban J connectivity index is 1.56. The smallest absolute Gasteiger partial charge is 0.266 e. The van der Waals surface area contributed by atoms with Crippen molar-refractivity contribution in [3.05, 3.63) is 113 Å². The van der Waals surface area contributed by atoms with Crippen LogP contribution in [-0.2, 0) is 4.79 Å². The van der Waals surface area contributed by atoms with Crippen molar-refractivity contribution in [2.45, 2.75) is 0 Å². The molecule has 1 aliphatic rings. The molecule has 0 N–H and O–H groups in total. The van der Waals surface area contributed by atoms with Crippen LogP contribution in [0.4, 0.5) is 5.13 Å². The molecule has 0 unspecified atom stereocenters. The summed E-state index contributed by atoms with van der Waals surface area (Å²) in [6.45, 7) is 0. The van der Waals surface area contributed by atoms with Gasteiger partial charge in [-0.05, 0) is 29.8 Å². The topological polar surface area (TPSA) is 45.6 Å². The third kappa shape index (κ3) is 3.93. The highest BCUT2D eigenvalue weighted by Gasteiger charge is 2.34. The zero-order valence-corrected chi connectivity index (χ0v) is 17.8. The monoisotopic (exact) mass is 441 g/mol. The summed E-state index contributed by atoms with van der Waals surface area (Å²) in [5, 5.41) is 1.18. The fraction of sp³-hybridized carbons (Fsp3) is 0. The van der Waals surface area contributed by atoms with Gasteiger partial charge in [0.2, 0.25) is 0 Å². The molecule has 6 heteroatoms. The van der Waals surface area contributed by atoms with Gasteiger partial charge in [0.1, 0.15) is 11.5 Å². The number of allylic oxidation sites excluding steroid dienone is 2. The first-order valence-electron chi connectivity index (χ1n) is 9.67. The van der Waals surface area contributed by atoms with Gasteiger partial charge in [-0.2, -0.15) is 0 Å². The number of hydrogen-bond acceptors (Lipinski definition) is 4.